The molecule has 0 radical (unpaired) electrons. The molecule has 4 aromatic heterocycles. The minimum absolute atomic E-state index is 0.00364. The van der Waals surface area contributed by atoms with Gasteiger partial charge in [0.05, 0.1) is 33.6 Å². The molecule has 0 unspecified atom stereocenters. The summed E-state index contributed by atoms with van der Waals surface area (Å²) < 4.78 is 66.4. The van der Waals surface area contributed by atoms with E-state index < -0.39 is 21.7 Å². The second-order valence-electron chi connectivity index (χ2n) is 7.04. The van der Waals surface area contributed by atoms with Crippen LogP contribution in [-0.2, 0) is 23.1 Å². The van der Waals surface area contributed by atoms with Gasteiger partial charge in [0.2, 0.25) is 0 Å². The number of aromatic nitrogens is 5. The molecule has 12 heteroatoms. The lowest BCUT2D eigenvalue weighted by molar-refractivity contribution is -0.141. The minimum Gasteiger partial charge on any atom is -0.324 e. The maximum Gasteiger partial charge on any atom is 0.433 e. The average Bonchev–Trinajstić information content (AvgIpc) is 3.14. The Kier molecular flexibility index (Phi) is 5.37. The van der Waals surface area contributed by atoms with Crippen molar-refractivity contribution in [2.24, 2.45) is 7.05 Å². The Morgan fingerprint density at radius 1 is 1.12 bits per heavy atom. The van der Waals surface area contributed by atoms with Crippen molar-refractivity contribution in [2.75, 3.05) is 5.75 Å². The van der Waals surface area contributed by atoms with Gasteiger partial charge in [-0.2, -0.15) is 18.4 Å². The van der Waals surface area contributed by atoms with Crippen molar-refractivity contribution in [1.29, 1.82) is 5.26 Å². The zero-order valence-electron chi connectivity index (χ0n) is 17.3. The van der Waals surface area contributed by atoms with Crippen LogP contribution in [0, 0.1) is 11.3 Å². The molecule has 8 nitrogen and oxygen atoms in total. The molecule has 0 saturated heterocycles. The van der Waals surface area contributed by atoms with Crippen LogP contribution in [0.15, 0.2) is 47.6 Å². The van der Waals surface area contributed by atoms with Gasteiger partial charge in [-0.05, 0) is 24.3 Å². The molecule has 0 amide bonds. The SMILES string of the molecule is CCS(=O)(=O)c1cc(-c2cccc(C#N)n2)cnc1-c1nc2cc(C(F)(F)F)ncc2n1C. The predicted octanol–water partition coefficient (Wildman–Crippen LogP) is 3.78. The van der Waals surface area contributed by atoms with E-state index in [2.05, 4.69) is 19.9 Å². The Morgan fingerprint density at radius 3 is 2.55 bits per heavy atom. The third-order valence-electron chi connectivity index (χ3n) is 5.00. The number of sulfone groups is 1. The maximum atomic E-state index is 13.1. The monoisotopic (exact) mass is 472 g/mol. The number of hydrogen-bond donors (Lipinski definition) is 0. The summed E-state index contributed by atoms with van der Waals surface area (Å²) in [6.45, 7) is 1.47. The molecule has 33 heavy (non-hydrogen) atoms. The zero-order valence-corrected chi connectivity index (χ0v) is 18.1. The van der Waals surface area contributed by atoms with Crippen LogP contribution in [0.1, 0.15) is 18.3 Å². The van der Waals surface area contributed by atoms with E-state index in [0.717, 1.165) is 12.3 Å². The van der Waals surface area contributed by atoms with Crippen LogP contribution in [0.3, 0.4) is 0 Å². The van der Waals surface area contributed by atoms with Crippen molar-refractivity contribution in [3.8, 4) is 28.8 Å². The first-order valence-electron chi connectivity index (χ1n) is 9.55. The fourth-order valence-electron chi connectivity index (χ4n) is 3.26. The molecule has 0 atom stereocenters. The van der Waals surface area contributed by atoms with Gasteiger partial charge in [0.1, 0.15) is 23.2 Å². The Labute approximate surface area is 186 Å². The molecule has 168 valence electrons. The van der Waals surface area contributed by atoms with Gasteiger partial charge in [-0.3, -0.25) is 4.98 Å². The number of nitrogens with zero attached hydrogens (tertiary/aromatic N) is 6. The lowest BCUT2D eigenvalue weighted by Gasteiger charge is -2.11. The molecule has 0 N–H and O–H groups in total. The number of rotatable bonds is 4. The molecule has 0 aromatic carbocycles. The quantitative estimate of drug-likeness (QED) is 0.444. The van der Waals surface area contributed by atoms with Crippen LogP contribution in [-0.4, -0.2) is 38.7 Å². The molecule has 0 saturated carbocycles. The predicted molar refractivity (Wildman–Crippen MR) is 112 cm³/mol. The minimum atomic E-state index is -4.65. The van der Waals surface area contributed by atoms with Crippen LogP contribution < -0.4 is 0 Å². The highest BCUT2D eigenvalue weighted by Gasteiger charge is 2.33. The van der Waals surface area contributed by atoms with E-state index in [4.69, 9.17) is 5.26 Å². The number of aryl methyl sites for hydroxylation is 1. The second kappa shape index (κ2) is 7.93. The molecule has 0 aliphatic rings. The second-order valence-corrected chi connectivity index (χ2v) is 9.29. The smallest absolute Gasteiger partial charge is 0.324 e. The van der Waals surface area contributed by atoms with Crippen molar-refractivity contribution in [1.82, 2.24) is 24.5 Å². The number of fused-ring (bicyclic) bond motifs is 1. The highest BCUT2D eigenvalue weighted by Crippen LogP contribution is 2.33. The van der Waals surface area contributed by atoms with E-state index >= 15 is 0 Å². The molecule has 4 heterocycles. The topological polar surface area (TPSA) is 114 Å². The Hall–Kier alpha value is -3.85. The summed E-state index contributed by atoms with van der Waals surface area (Å²) in [7, 11) is -2.28. The van der Waals surface area contributed by atoms with Gasteiger partial charge < -0.3 is 4.57 Å². The van der Waals surface area contributed by atoms with E-state index in [1.54, 1.807) is 12.1 Å². The molecule has 0 aliphatic carbocycles. The van der Waals surface area contributed by atoms with Gasteiger partial charge in [0.15, 0.2) is 15.7 Å². The lowest BCUT2D eigenvalue weighted by Crippen LogP contribution is -2.09. The Morgan fingerprint density at radius 2 is 1.88 bits per heavy atom. The first-order chi connectivity index (χ1) is 15.5. The van der Waals surface area contributed by atoms with E-state index in [1.807, 2.05) is 6.07 Å². The normalized spacial score (nSPS) is 12.1. The van der Waals surface area contributed by atoms with Crippen molar-refractivity contribution in [3.05, 3.63) is 54.1 Å². The fourth-order valence-corrected chi connectivity index (χ4v) is 4.31. The third-order valence-corrected chi connectivity index (χ3v) is 6.74. The number of pyridine rings is 3. The van der Waals surface area contributed by atoms with Crippen molar-refractivity contribution in [3.63, 3.8) is 0 Å². The van der Waals surface area contributed by atoms with E-state index in [1.165, 1.54) is 36.9 Å². The summed E-state index contributed by atoms with van der Waals surface area (Å²) >= 11 is 0. The maximum absolute atomic E-state index is 13.1. The summed E-state index contributed by atoms with van der Waals surface area (Å²) in [5.74, 6) is -0.163. The first-order valence-corrected chi connectivity index (χ1v) is 11.2. The first kappa shape index (κ1) is 22.3. The number of nitriles is 1. The van der Waals surface area contributed by atoms with Crippen molar-refractivity contribution < 1.29 is 21.6 Å². The summed E-state index contributed by atoms with van der Waals surface area (Å²) in [5, 5.41) is 9.08. The van der Waals surface area contributed by atoms with Crippen LogP contribution in [0.25, 0.3) is 33.8 Å². The largest absolute Gasteiger partial charge is 0.433 e. The van der Waals surface area contributed by atoms with Gasteiger partial charge in [0, 0.05) is 18.8 Å². The van der Waals surface area contributed by atoms with Gasteiger partial charge >= 0.3 is 6.18 Å². The van der Waals surface area contributed by atoms with Gasteiger partial charge in [-0.1, -0.05) is 13.0 Å². The lowest BCUT2D eigenvalue weighted by atomic mass is 10.1. The highest BCUT2D eigenvalue weighted by molar-refractivity contribution is 7.91. The van der Waals surface area contributed by atoms with E-state index in [-0.39, 0.29) is 38.9 Å². The van der Waals surface area contributed by atoms with Crippen molar-refractivity contribution >= 4 is 20.9 Å². The fraction of sp³-hybridized carbons (Fsp3) is 0.190. The summed E-state index contributed by atoms with van der Waals surface area (Å²) in [6.07, 6.45) is -2.23. The molecule has 0 spiro atoms. The average molecular weight is 472 g/mol. The van der Waals surface area contributed by atoms with Crippen molar-refractivity contribution in [2.45, 2.75) is 18.0 Å². The van der Waals surface area contributed by atoms with Crippen LogP contribution in [0.2, 0.25) is 0 Å². The standard InChI is InChI=1S/C21H15F3N6O2S/c1-3-33(31,32)17-7-12(14-6-4-5-13(9-25)28-14)10-27-19(17)20-29-15-8-18(21(22,23)24)26-11-16(15)30(20)2/h4-8,10-11H,3H2,1-2H3. The Bertz CT molecular complexity index is 1540. The van der Waals surface area contributed by atoms with Gasteiger partial charge in [0.25, 0.3) is 0 Å². The van der Waals surface area contributed by atoms with E-state index in [9.17, 15) is 21.6 Å². The summed E-state index contributed by atoms with van der Waals surface area (Å²) in [4.78, 5) is 16.0. The number of alkyl halides is 3. The van der Waals surface area contributed by atoms with Gasteiger partial charge in [-0.15, -0.1) is 0 Å². The van der Waals surface area contributed by atoms with Crippen LogP contribution >= 0.6 is 0 Å². The number of halogens is 3. The molecule has 0 aliphatic heterocycles. The Balaban J connectivity index is 1.95. The van der Waals surface area contributed by atoms with Crippen LogP contribution in [0.4, 0.5) is 13.2 Å². The number of imidazole rings is 1. The van der Waals surface area contributed by atoms with Crippen LogP contribution in [0.5, 0.6) is 0 Å². The molecule has 4 rings (SSSR count). The highest BCUT2D eigenvalue weighted by atomic mass is 32.2. The third kappa shape index (κ3) is 4.03. The van der Waals surface area contributed by atoms with E-state index in [0.29, 0.717) is 11.3 Å². The molecule has 4 aromatic rings. The number of hydrogen-bond acceptors (Lipinski definition) is 7. The summed E-state index contributed by atoms with van der Waals surface area (Å²) in [6, 6.07) is 8.83. The molecule has 0 fully saturated rings. The molecular formula is C21H15F3N6O2S. The molecule has 0 bridgehead atoms. The molecular weight excluding hydrogens is 457 g/mol. The zero-order chi connectivity index (χ0) is 24.0. The van der Waals surface area contributed by atoms with Gasteiger partial charge in [-0.25, -0.2) is 23.4 Å². The summed E-state index contributed by atoms with van der Waals surface area (Å²) in [5.41, 5.74) is 0.0419.